The van der Waals surface area contributed by atoms with Crippen LogP contribution >= 0.6 is 38.6 Å². The van der Waals surface area contributed by atoms with Crippen LogP contribution in [0.1, 0.15) is 25.0 Å². The molecular formula is C46H61BrF6N6O10S4. The average molecular weight is 1180 g/mol. The molecule has 2 aromatic carbocycles. The SMILES string of the molecule is C[C@H]1COCCN1C[C@H]1CN(S(=O)(=O)c2cccs2)CCN1.C[C@H]1COCCN1C[C@H]1CN(S(=O)(=O)c2cccs2)CCN1c1ccc(C(O)(CO)C(F)(F)F)cc1.OCC(O)(c1ccc(Br)cc1)C(F)(F)F. The predicted octanol–water partition coefficient (Wildman–Crippen LogP) is 4.71. The van der Waals surface area contributed by atoms with Crippen LogP contribution in [0.4, 0.5) is 32.0 Å². The van der Waals surface area contributed by atoms with Gasteiger partial charge in [0.2, 0.25) is 11.2 Å². The van der Waals surface area contributed by atoms with Crippen LogP contribution in [-0.4, -0.2) is 197 Å². The summed E-state index contributed by atoms with van der Waals surface area (Å²) in [5.74, 6) is 0. The first kappa shape index (κ1) is 59.4. The molecule has 0 radical (unpaired) electrons. The van der Waals surface area contributed by atoms with Crippen LogP contribution in [0.25, 0.3) is 0 Å². The Kier molecular flexibility index (Phi) is 20.4. The number of benzene rings is 2. The Hall–Kier alpha value is -2.84. The minimum Gasteiger partial charge on any atom is -0.393 e. The topological polar surface area (TPSA) is 196 Å². The number of nitrogens with one attached hydrogen (secondary N) is 1. The van der Waals surface area contributed by atoms with Crippen molar-refractivity contribution >= 4 is 64.3 Å². The van der Waals surface area contributed by atoms with Crippen molar-refractivity contribution in [2.45, 2.75) is 70.0 Å². The molecule has 4 saturated heterocycles. The molecule has 0 saturated carbocycles. The molecule has 8 rings (SSSR count). The van der Waals surface area contributed by atoms with Gasteiger partial charge in [-0.3, -0.25) is 9.80 Å². The summed E-state index contributed by atoms with van der Waals surface area (Å²) in [5, 5.41) is 44.3. The number of piperazine rings is 2. The van der Waals surface area contributed by atoms with Crippen molar-refractivity contribution in [2.75, 3.05) is 110 Å². The maximum atomic E-state index is 13.4. The minimum atomic E-state index is -5.04. The van der Waals surface area contributed by atoms with Crippen LogP contribution in [0.5, 0.6) is 0 Å². The molecule has 2 aromatic heterocycles. The van der Waals surface area contributed by atoms with Gasteiger partial charge < -0.3 is 40.1 Å². The van der Waals surface area contributed by atoms with Gasteiger partial charge in [0.05, 0.1) is 45.7 Å². The second kappa shape index (κ2) is 25.1. The molecule has 16 nitrogen and oxygen atoms in total. The van der Waals surface area contributed by atoms with Crippen molar-refractivity contribution in [3.8, 4) is 0 Å². The Morgan fingerprint density at radius 1 is 0.658 bits per heavy atom. The smallest absolute Gasteiger partial charge is 0.393 e. The van der Waals surface area contributed by atoms with E-state index in [0.717, 1.165) is 61.9 Å². The summed E-state index contributed by atoms with van der Waals surface area (Å²) in [6.45, 7) is 9.51. The summed E-state index contributed by atoms with van der Waals surface area (Å²) in [7, 11) is -7.00. The third kappa shape index (κ3) is 14.2. The Labute approximate surface area is 437 Å². The lowest BCUT2D eigenvalue weighted by molar-refractivity contribution is -0.277. The maximum Gasteiger partial charge on any atom is 0.423 e. The molecule has 408 valence electrons. The number of halogens is 7. The van der Waals surface area contributed by atoms with Gasteiger partial charge in [0, 0.05) is 93.7 Å². The largest absolute Gasteiger partial charge is 0.423 e. The number of hydrogen-bond donors (Lipinski definition) is 5. The monoisotopic (exact) mass is 1180 g/mol. The van der Waals surface area contributed by atoms with E-state index >= 15 is 0 Å². The number of sulfonamides is 2. The van der Waals surface area contributed by atoms with E-state index in [1.165, 1.54) is 39.9 Å². The molecule has 27 heteroatoms. The number of morpholine rings is 2. The maximum absolute atomic E-state index is 13.4. The Balaban J connectivity index is 0.000000199. The summed E-state index contributed by atoms with van der Waals surface area (Å²) in [6, 6.07) is 17.4. The normalized spacial score (nSPS) is 24.1. The first-order chi connectivity index (χ1) is 34.3. The molecule has 0 aliphatic carbocycles. The van der Waals surface area contributed by atoms with E-state index in [-0.39, 0.29) is 41.0 Å². The number of alkyl halides is 6. The Bertz CT molecular complexity index is 2560. The number of rotatable bonds is 13. The van der Waals surface area contributed by atoms with Gasteiger partial charge in [-0.05, 0) is 72.1 Å². The average Bonchev–Trinajstić information content (AvgIpc) is 4.13. The van der Waals surface area contributed by atoms with Gasteiger partial charge in [0.25, 0.3) is 20.0 Å². The minimum absolute atomic E-state index is 0.138. The molecule has 5 N–H and O–H groups in total. The second-order valence-electron chi connectivity index (χ2n) is 18.0. The molecule has 2 unspecified atom stereocenters. The number of thiophene rings is 2. The fraction of sp³-hybridized carbons (Fsp3) is 0.565. The molecule has 4 aliphatic rings. The Morgan fingerprint density at radius 2 is 1.12 bits per heavy atom. The number of ether oxygens (including phenoxy) is 2. The van der Waals surface area contributed by atoms with Gasteiger partial charge in [-0.15, -0.1) is 22.7 Å². The summed E-state index contributed by atoms with van der Waals surface area (Å²) < 4.78 is 145. The van der Waals surface area contributed by atoms with E-state index in [0.29, 0.717) is 72.9 Å². The van der Waals surface area contributed by atoms with Crippen molar-refractivity contribution in [1.29, 1.82) is 0 Å². The standard InChI is InChI=1S/C23H30F3N3O5S2.C14H23N3O3S2.C9H8BrF3O2/c1-17-15-34-11-10-27(17)13-20-14-28(36(32,33)21-3-2-12-35-21)8-9-29(20)19-6-4-18(5-7-19)22(31,16-30)23(24,25)26;1-12-11-20-7-6-16(12)9-13-10-17(5-4-15-13)22(18,19)14-3-2-8-21-14;10-7-3-1-6(2-4-7)8(15,5-14)9(11,12)13/h2-7,12,17,20,30-31H,8-11,13-16H2,1H3;2-3,8,12-13,15H,4-7,9-11H2,1H3;1-4,14-15H,5H2/t17-,20-,22?;12-,13-;/m00./s1. The second-order valence-corrected chi connectivity index (χ2v) is 25.2. The van der Waals surface area contributed by atoms with Gasteiger partial charge in [-0.1, -0.05) is 52.3 Å². The molecule has 4 fully saturated rings. The number of aliphatic hydroxyl groups excluding tert-OH is 2. The molecule has 6 heterocycles. The van der Waals surface area contributed by atoms with E-state index in [9.17, 15) is 58.5 Å². The molecule has 6 atom stereocenters. The summed E-state index contributed by atoms with van der Waals surface area (Å²) in [5.41, 5.74) is -6.80. The number of hydrogen-bond acceptors (Lipinski definition) is 16. The third-order valence-corrected chi connectivity index (χ3v) is 20.2. The summed E-state index contributed by atoms with van der Waals surface area (Å²) in [6.07, 6.45) is -9.95. The zero-order valence-corrected chi connectivity index (χ0v) is 44.8. The quantitative estimate of drug-likeness (QED) is 0.116. The van der Waals surface area contributed by atoms with Crippen molar-refractivity contribution in [3.05, 3.63) is 99.2 Å². The number of aliphatic hydroxyl groups is 4. The van der Waals surface area contributed by atoms with E-state index in [1.807, 2.05) is 17.2 Å². The van der Waals surface area contributed by atoms with Crippen molar-refractivity contribution < 1.29 is 73.1 Å². The fourth-order valence-electron chi connectivity index (χ4n) is 8.71. The van der Waals surface area contributed by atoms with Gasteiger partial charge in [0.15, 0.2) is 0 Å². The molecule has 4 aromatic rings. The van der Waals surface area contributed by atoms with Crippen LogP contribution in [0, 0.1) is 0 Å². The van der Waals surface area contributed by atoms with E-state index in [2.05, 4.69) is 38.0 Å². The van der Waals surface area contributed by atoms with Crippen molar-refractivity contribution in [1.82, 2.24) is 23.7 Å². The predicted molar refractivity (Wildman–Crippen MR) is 267 cm³/mol. The zero-order valence-electron chi connectivity index (χ0n) is 40.0. The van der Waals surface area contributed by atoms with Gasteiger partial charge >= 0.3 is 12.4 Å². The first-order valence-corrected chi connectivity index (χ1v) is 28.7. The summed E-state index contributed by atoms with van der Waals surface area (Å²) >= 11 is 5.50. The lowest BCUT2D eigenvalue weighted by Crippen LogP contribution is -2.60. The van der Waals surface area contributed by atoms with E-state index < -0.39 is 62.4 Å². The zero-order chi connectivity index (χ0) is 53.4. The third-order valence-electron chi connectivity index (χ3n) is 13.1. The van der Waals surface area contributed by atoms with Gasteiger partial charge in [-0.25, -0.2) is 16.8 Å². The van der Waals surface area contributed by atoms with E-state index in [1.54, 1.807) is 34.0 Å². The molecule has 0 spiro atoms. The highest BCUT2D eigenvalue weighted by atomic mass is 79.9. The van der Waals surface area contributed by atoms with Crippen LogP contribution in [0.15, 0.2) is 96.4 Å². The highest BCUT2D eigenvalue weighted by Gasteiger charge is 2.55. The molecule has 73 heavy (non-hydrogen) atoms. The van der Waals surface area contributed by atoms with Crippen molar-refractivity contribution in [2.24, 2.45) is 0 Å². The Morgan fingerprint density at radius 3 is 1.56 bits per heavy atom. The lowest BCUT2D eigenvalue weighted by Gasteiger charge is -2.45. The summed E-state index contributed by atoms with van der Waals surface area (Å²) in [4.78, 5) is 6.60. The molecular weight excluding hydrogens is 1120 g/mol. The van der Waals surface area contributed by atoms with Gasteiger partial charge in [0.1, 0.15) is 8.42 Å². The van der Waals surface area contributed by atoms with Crippen molar-refractivity contribution in [3.63, 3.8) is 0 Å². The first-order valence-electron chi connectivity index (χ1n) is 23.2. The molecule has 0 bridgehead atoms. The van der Waals surface area contributed by atoms with Gasteiger partial charge in [-0.2, -0.15) is 35.0 Å². The van der Waals surface area contributed by atoms with Crippen LogP contribution in [0.3, 0.4) is 0 Å². The van der Waals surface area contributed by atoms with E-state index in [4.69, 9.17) is 14.6 Å². The lowest BCUT2D eigenvalue weighted by atomic mass is 9.93. The number of anilines is 1. The number of nitrogens with zero attached hydrogens (tertiary/aromatic N) is 5. The fourth-order valence-corrected chi connectivity index (χ4v) is 14.2. The van der Waals surface area contributed by atoms with Crippen LogP contribution in [-0.2, 0) is 40.7 Å². The highest BCUT2D eigenvalue weighted by molar-refractivity contribution is 9.10. The highest BCUT2D eigenvalue weighted by Crippen LogP contribution is 2.40. The van der Waals surface area contributed by atoms with Crippen LogP contribution < -0.4 is 10.2 Å². The molecule has 4 aliphatic heterocycles. The molecule has 0 amide bonds. The van der Waals surface area contributed by atoms with Crippen LogP contribution in [0.2, 0.25) is 0 Å².